The maximum Gasteiger partial charge on any atom is 0.349 e. The van der Waals surface area contributed by atoms with Crippen LogP contribution in [0.2, 0.25) is 0 Å². The van der Waals surface area contributed by atoms with Crippen molar-refractivity contribution >= 4 is 11.9 Å². The van der Waals surface area contributed by atoms with E-state index in [1.54, 1.807) is 13.8 Å². The Morgan fingerprint density at radius 3 is 1.56 bits per heavy atom. The van der Waals surface area contributed by atoms with E-state index in [0.29, 0.717) is 13.2 Å². The van der Waals surface area contributed by atoms with Crippen molar-refractivity contribution in [2.24, 2.45) is 0 Å². The zero-order valence-electron chi connectivity index (χ0n) is 13.8. The minimum absolute atomic E-state index is 0.102. The molecule has 7 heteroatoms. The predicted molar refractivity (Wildman–Crippen MR) is 88.3 cm³/mol. The van der Waals surface area contributed by atoms with E-state index in [-0.39, 0.29) is 22.6 Å². The smallest absolute Gasteiger partial charge is 0.349 e. The number of ether oxygens (including phenoxy) is 3. The molecule has 0 aliphatic carbocycles. The third-order valence-corrected chi connectivity index (χ3v) is 3.22. The first-order valence-electron chi connectivity index (χ1n) is 7.65. The summed E-state index contributed by atoms with van der Waals surface area (Å²) in [5.74, 6) is -2.77. The molecule has 0 bridgehead atoms. The lowest BCUT2D eigenvalue weighted by molar-refractivity contribution is 0.0393. The Morgan fingerprint density at radius 2 is 1.20 bits per heavy atom. The molecule has 132 valence electrons. The summed E-state index contributed by atoms with van der Waals surface area (Å²) in [6, 6.07) is 8.52. The summed E-state index contributed by atoms with van der Waals surface area (Å²) < 4.78 is 15.1. The minimum atomic E-state index is -1.06. The summed E-state index contributed by atoms with van der Waals surface area (Å²) in [6.45, 7) is 4.04. The van der Waals surface area contributed by atoms with Gasteiger partial charge in [-0.25, -0.2) is 9.59 Å². The fraction of sp³-hybridized carbons (Fsp3) is 0.222. The average Bonchev–Trinajstić information content (AvgIpc) is 2.58. The van der Waals surface area contributed by atoms with Crippen molar-refractivity contribution in [3.63, 3.8) is 0 Å². The third-order valence-electron chi connectivity index (χ3n) is 3.22. The van der Waals surface area contributed by atoms with Crippen LogP contribution in [0.4, 0.5) is 0 Å². The number of hydrogen-bond acceptors (Lipinski definition) is 7. The van der Waals surface area contributed by atoms with Gasteiger partial charge in [-0.15, -0.1) is 0 Å². The minimum Gasteiger partial charge on any atom is -0.504 e. The highest BCUT2D eigenvalue weighted by atomic mass is 16.6. The van der Waals surface area contributed by atoms with Crippen LogP contribution in [-0.4, -0.2) is 35.4 Å². The second-order valence-electron chi connectivity index (χ2n) is 4.85. The van der Waals surface area contributed by atoms with Gasteiger partial charge in [-0.05, 0) is 38.1 Å². The van der Waals surface area contributed by atoms with Gasteiger partial charge in [-0.2, -0.15) is 0 Å². The molecule has 0 aliphatic rings. The Balaban J connectivity index is 2.23. The topological polar surface area (TPSA) is 102 Å². The molecular weight excluding hydrogens is 328 g/mol. The zero-order valence-corrected chi connectivity index (χ0v) is 13.8. The van der Waals surface area contributed by atoms with E-state index in [1.807, 2.05) is 0 Å². The van der Waals surface area contributed by atoms with Crippen LogP contribution in [0.3, 0.4) is 0 Å². The standard InChI is InChI=1S/C18H18O7/c1-3-23-13-9-5-7-11(15(13)19)17(21)25-18(22)12-8-6-10-14(16(12)20)24-4-2/h5-10,19-20H,3-4H2,1-2H3. The predicted octanol–water partition coefficient (Wildman–Crippen LogP) is 2.89. The number of phenolic OH excluding ortho intramolecular Hbond substituents is 2. The molecule has 7 nitrogen and oxygen atoms in total. The van der Waals surface area contributed by atoms with Gasteiger partial charge in [0.1, 0.15) is 11.1 Å². The number of carbonyl (C=O) groups excluding carboxylic acids is 2. The van der Waals surface area contributed by atoms with Crippen molar-refractivity contribution in [3.8, 4) is 23.0 Å². The molecule has 25 heavy (non-hydrogen) atoms. The first kappa shape index (κ1) is 18.1. The monoisotopic (exact) mass is 346 g/mol. The summed E-state index contributed by atoms with van der Waals surface area (Å²) in [4.78, 5) is 24.3. The molecular formula is C18H18O7. The van der Waals surface area contributed by atoms with Crippen molar-refractivity contribution in [3.05, 3.63) is 47.5 Å². The first-order chi connectivity index (χ1) is 12.0. The Morgan fingerprint density at radius 1 is 0.800 bits per heavy atom. The molecule has 0 heterocycles. The second-order valence-corrected chi connectivity index (χ2v) is 4.85. The van der Waals surface area contributed by atoms with Gasteiger partial charge in [0.05, 0.1) is 13.2 Å². The largest absolute Gasteiger partial charge is 0.504 e. The quantitative estimate of drug-likeness (QED) is 0.612. The Labute approximate surface area is 144 Å². The normalized spacial score (nSPS) is 10.2. The van der Waals surface area contributed by atoms with E-state index in [1.165, 1.54) is 36.4 Å². The van der Waals surface area contributed by atoms with E-state index >= 15 is 0 Å². The molecule has 0 saturated carbocycles. The zero-order chi connectivity index (χ0) is 18.4. The number of rotatable bonds is 6. The van der Waals surface area contributed by atoms with Crippen molar-refractivity contribution in [1.29, 1.82) is 0 Å². The van der Waals surface area contributed by atoms with Gasteiger partial charge in [0.2, 0.25) is 0 Å². The maximum absolute atomic E-state index is 12.2. The Kier molecular flexibility index (Phi) is 5.84. The highest BCUT2D eigenvalue weighted by molar-refractivity contribution is 6.05. The van der Waals surface area contributed by atoms with Crippen molar-refractivity contribution < 1.29 is 34.0 Å². The molecule has 0 spiro atoms. The molecule has 2 N–H and O–H groups in total. The number of phenols is 2. The number of hydrogen-bond donors (Lipinski definition) is 2. The summed E-state index contributed by atoms with van der Waals surface area (Å²) in [5, 5.41) is 20.1. The highest BCUT2D eigenvalue weighted by Gasteiger charge is 2.23. The highest BCUT2D eigenvalue weighted by Crippen LogP contribution is 2.32. The fourth-order valence-electron chi connectivity index (χ4n) is 2.11. The van der Waals surface area contributed by atoms with Crippen LogP contribution >= 0.6 is 0 Å². The van der Waals surface area contributed by atoms with Crippen LogP contribution in [-0.2, 0) is 4.74 Å². The van der Waals surface area contributed by atoms with Crippen LogP contribution in [0.1, 0.15) is 34.6 Å². The number of aromatic hydroxyl groups is 2. The van der Waals surface area contributed by atoms with E-state index in [0.717, 1.165) is 0 Å². The molecule has 0 radical (unpaired) electrons. The van der Waals surface area contributed by atoms with Crippen LogP contribution in [0.25, 0.3) is 0 Å². The number of esters is 2. The van der Waals surface area contributed by atoms with Crippen molar-refractivity contribution in [2.75, 3.05) is 13.2 Å². The van der Waals surface area contributed by atoms with Crippen LogP contribution in [0, 0.1) is 0 Å². The third kappa shape index (κ3) is 4.00. The first-order valence-corrected chi connectivity index (χ1v) is 7.65. The number of carbonyl (C=O) groups is 2. The molecule has 0 aromatic heterocycles. The van der Waals surface area contributed by atoms with Crippen LogP contribution in [0.15, 0.2) is 36.4 Å². The molecule has 0 saturated heterocycles. The summed E-state index contributed by atoms with van der Waals surface area (Å²) in [7, 11) is 0. The lowest BCUT2D eigenvalue weighted by Crippen LogP contribution is -2.13. The van der Waals surface area contributed by atoms with E-state index in [2.05, 4.69) is 0 Å². The van der Waals surface area contributed by atoms with Crippen molar-refractivity contribution in [2.45, 2.75) is 13.8 Å². The van der Waals surface area contributed by atoms with Gasteiger partial charge >= 0.3 is 11.9 Å². The van der Waals surface area contributed by atoms with Crippen LogP contribution < -0.4 is 9.47 Å². The Bertz CT molecular complexity index is 717. The summed E-state index contributed by atoms with van der Waals surface area (Å²) >= 11 is 0. The van der Waals surface area contributed by atoms with E-state index < -0.39 is 23.4 Å². The molecule has 2 aromatic carbocycles. The summed E-state index contributed by atoms with van der Waals surface area (Å²) in [5.41, 5.74) is -0.445. The maximum atomic E-state index is 12.2. The Hall–Kier alpha value is -3.22. The van der Waals surface area contributed by atoms with Gasteiger partial charge in [0.15, 0.2) is 23.0 Å². The SMILES string of the molecule is CCOc1cccc(C(=O)OC(=O)c2cccc(OCC)c2O)c1O. The van der Waals surface area contributed by atoms with Gasteiger partial charge in [0, 0.05) is 0 Å². The van der Waals surface area contributed by atoms with Gasteiger partial charge in [-0.1, -0.05) is 12.1 Å². The second kappa shape index (κ2) is 8.05. The molecule has 0 fully saturated rings. The average molecular weight is 346 g/mol. The lowest BCUT2D eigenvalue weighted by atomic mass is 10.1. The molecule has 2 aromatic rings. The summed E-state index contributed by atoms with van der Waals surface area (Å²) in [6.07, 6.45) is 0. The fourth-order valence-corrected chi connectivity index (χ4v) is 2.11. The molecule has 2 rings (SSSR count). The van der Waals surface area contributed by atoms with E-state index in [9.17, 15) is 19.8 Å². The number of benzene rings is 2. The van der Waals surface area contributed by atoms with Crippen LogP contribution in [0.5, 0.6) is 23.0 Å². The molecule has 0 atom stereocenters. The lowest BCUT2D eigenvalue weighted by Gasteiger charge is -2.11. The molecule has 0 amide bonds. The van der Waals surface area contributed by atoms with Gasteiger partial charge in [-0.3, -0.25) is 0 Å². The van der Waals surface area contributed by atoms with Gasteiger partial charge < -0.3 is 24.4 Å². The number of para-hydroxylation sites is 2. The van der Waals surface area contributed by atoms with E-state index in [4.69, 9.17) is 14.2 Å². The van der Waals surface area contributed by atoms with Crippen molar-refractivity contribution in [1.82, 2.24) is 0 Å². The molecule has 0 unspecified atom stereocenters. The van der Waals surface area contributed by atoms with Gasteiger partial charge in [0.25, 0.3) is 0 Å². The molecule has 0 aliphatic heterocycles.